The molecule has 0 heterocycles. The van der Waals surface area contributed by atoms with Crippen molar-refractivity contribution < 1.29 is 8.78 Å². The molecule has 0 saturated heterocycles. The molecule has 1 aromatic rings. The molecule has 0 aliphatic heterocycles. The molecule has 4 atom stereocenters. The van der Waals surface area contributed by atoms with Crippen molar-refractivity contribution in [3.05, 3.63) is 34.9 Å². The molecule has 4 unspecified atom stereocenters. The summed E-state index contributed by atoms with van der Waals surface area (Å²) in [5.74, 6) is 5.83. The third-order valence-corrected chi connectivity index (χ3v) is 5.04. The number of halogens is 2. The van der Waals surface area contributed by atoms with E-state index >= 15 is 0 Å². The number of benzene rings is 1. The fourth-order valence-electron chi connectivity index (χ4n) is 4.05. The quantitative estimate of drug-likeness (QED) is 0.651. The Labute approximate surface area is 112 Å². The van der Waals surface area contributed by atoms with E-state index in [9.17, 15) is 8.78 Å². The maximum atomic E-state index is 14.1. The normalized spacial score (nSPS) is 30.8. The molecule has 0 aromatic heterocycles. The molecule has 0 spiro atoms. The van der Waals surface area contributed by atoms with Gasteiger partial charge in [0.1, 0.15) is 0 Å². The first kappa shape index (κ1) is 13.0. The highest BCUT2D eigenvalue weighted by Crippen LogP contribution is 2.52. The molecule has 3 rings (SSSR count). The van der Waals surface area contributed by atoms with Gasteiger partial charge in [-0.1, -0.05) is 18.6 Å². The number of hydrogen-bond donors (Lipinski definition) is 2. The number of hydrogen-bond acceptors (Lipinski definition) is 2. The summed E-state index contributed by atoms with van der Waals surface area (Å²) < 4.78 is 27.8. The van der Waals surface area contributed by atoms with Crippen LogP contribution in [0.4, 0.5) is 8.78 Å². The average molecular weight is 266 g/mol. The third kappa shape index (κ3) is 2.07. The summed E-state index contributed by atoms with van der Waals surface area (Å²) in [5, 5.41) is 0. The van der Waals surface area contributed by atoms with Crippen molar-refractivity contribution in [3.63, 3.8) is 0 Å². The van der Waals surface area contributed by atoms with Crippen molar-refractivity contribution >= 4 is 0 Å². The number of fused-ring (bicyclic) bond motifs is 2. The molecule has 4 heteroatoms. The van der Waals surface area contributed by atoms with Crippen molar-refractivity contribution in [2.24, 2.45) is 23.6 Å². The predicted octanol–water partition coefficient (Wildman–Crippen LogP) is 3.21. The van der Waals surface area contributed by atoms with Crippen molar-refractivity contribution in [2.45, 2.75) is 38.6 Å². The molecule has 3 N–H and O–H groups in total. The number of nitrogens with two attached hydrogens (primary N) is 1. The predicted molar refractivity (Wildman–Crippen MR) is 70.1 cm³/mol. The van der Waals surface area contributed by atoms with E-state index < -0.39 is 11.6 Å². The Balaban J connectivity index is 1.93. The molecule has 0 radical (unpaired) electrons. The van der Waals surface area contributed by atoms with Crippen LogP contribution in [0.2, 0.25) is 0 Å². The van der Waals surface area contributed by atoms with Gasteiger partial charge in [0.05, 0.1) is 6.04 Å². The summed E-state index contributed by atoms with van der Waals surface area (Å²) in [4.78, 5) is 0. The van der Waals surface area contributed by atoms with Gasteiger partial charge < -0.3 is 0 Å². The minimum Gasteiger partial charge on any atom is -0.271 e. The zero-order valence-electron chi connectivity index (χ0n) is 11.1. The van der Waals surface area contributed by atoms with Gasteiger partial charge in [-0.3, -0.25) is 11.3 Å². The van der Waals surface area contributed by atoms with E-state index in [2.05, 4.69) is 5.43 Å². The van der Waals surface area contributed by atoms with Crippen LogP contribution >= 0.6 is 0 Å². The smallest absolute Gasteiger partial charge is 0.163 e. The van der Waals surface area contributed by atoms with E-state index in [1.165, 1.54) is 19.3 Å². The van der Waals surface area contributed by atoms with Crippen LogP contribution < -0.4 is 11.3 Å². The molecular weight excluding hydrogens is 246 g/mol. The Morgan fingerprint density at radius 1 is 1.21 bits per heavy atom. The summed E-state index contributed by atoms with van der Waals surface area (Å²) in [7, 11) is 0. The van der Waals surface area contributed by atoms with Crippen molar-refractivity contribution in [1.29, 1.82) is 0 Å². The first-order chi connectivity index (χ1) is 9.11. The van der Waals surface area contributed by atoms with Gasteiger partial charge in [0.15, 0.2) is 11.6 Å². The second kappa shape index (κ2) is 4.84. The number of hydrazine groups is 1. The summed E-state index contributed by atoms with van der Waals surface area (Å²) in [5.41, 5.74) is 3.44. The van der Waals surface area contributed by atoms with Crippen LogP contribution in [0, 0.1) is 36.3 Å². The van der Waals surface area contributed by atoms with Gasteiger partial charge in [0, 0.05) is 5.56 Å². The zero-order chi connectivity index (χ0) is 13.6. The Bertz CT molecular complexity index is 489. The number of rotatable bonds is 3. The van der Waals surface area contributed by atoms with E-state index in [1.54, 1.807) is 19.1 Å². The number of aryl methyl sites for hydroxylation is 1. The SMILES string of the molecule is Cc1ccc(C(NN)C2CC3CCC2C3)c(F)c1F. The highest BCUT2D eigenvalue weighted by Gasteiger charge is 2.44. The Morgan fingerprint density at radius 3 is 2.58 bits per heavy atom. The van der Waals surface area contributed by atoms with Crippen LogP contribution in [0.3, 0.4) is 0 Å². The fraction of sp³-hybridized carbons (Fsp3) is 0.600. The zero-order valence-corrected chi connectivity index (χ0v) is 11.1. The highest BCUT2D eigenvalue weighted by atomic mass is 19.2. The van der Waals surface area contributed by atoms with Gasteiger partial charge in [0.25, 0.3) is 0 Å². The topological polar surface area (TPSA) is 38.0 Å². The standard InChI is InChI=1S/C15H20F2N2/c1-8-2-5-11(14(17)13(8)16)15(19-18)12-7-9-3-4-10(12)6-9/h2,5,9-10,12,15,19H,3-4,6-7,18H2,1H3. The Morgan fingerprint density at radius 2 is 2.00 bits per heavy atom. The maximum absolute atomic E-state index is 14.1. The van der Waals surface area contributed by atoms with Crippen LogP contribution in [0.1, 0.15) is 42.9 Å². The second-order valence-electron chi connectivity index (χ2n) is 6.08. The Kier molecular flexibility index (Phi) is 3.31. The van der Waals surface area contributed by atoms with Gasteiger partial charge in [-0.15, -0.1) is 0 Å². The molecule has 2 saturated carbocycles. The monoisotopic (exact) mass is 266 g/mol. The van der Waals surface area contributed by atoms with Crippen LogP contribution in [-0.4, -0.2) is 0 Å². The molecule has 0 amide bonds. The lowest BCUT2D eigenvalue weighted by molar-refractivity contribution is 0.246. The van der Waals surface area contributed by atoms with Crippen molar-refractivity contribution in [3.8, 4) is 0 Å². The van der Waals surface area contributed by atoms with Gasteiger partial charge in [0.2, 0.25) is 0 Å². The molecule has 104 valence electrons. The van der Waals surface area contributed by atoms with Gasteiger partial charge >= 0.3 is 0 Å². The van der Waals surface area contributed by atoms with Crippen molar-refractivity contribution in [2.75, 3.05) is 0 Å². The molecule has 2 fully saturated rings. The average Bonchev–Trinajstić information content (AvgIpc) is 3.02. The third-order valence-electron chi connectivity index (χ3n) is 5.04. The van der Waals surface area contributed by atoms with Gasteiger partial charge in [-0.2, -0.15) is 0 Å². The lowest BCUT2D eigenvalue weighted by Gasteiger charge is -2.30. The lowest BCUT2D eigenvalue weighted by atomic mass is 9.80. The summed E-state index contributed by atoms with van der Waals surface area (Å²) in [6.45, 7) is 1.57. The second-order valence-corrected chi connectivity index (χ2v) is 6.08. The van der Waals surface area contributed by atoms with Gasteiger partial charge in [-0.05, 0) is 49.5 Å². The summed E-state index contributed by atoms with van der Waals surface area (Å²) >= 11 is 0. The molecule has 2 aliphatic carbocycles. The summed E-state index contributed by atoms with van der Waals surface area (Å²) in [6, 6.07) is 3.03. The van der Waals surface area contributed by atoms with Crippen LogP contribution in [0.25, 0.3) is 0 Å². The fourth-order valence-corrected chi connectivity index (χ4v) is 4.05. The van der Waals surface area contributed by atoms with Gasteiger partial charge in [-0.25, -0.2) is 8.78 Å². The largest absolute Gasteiger partial charge is 0.271 e. The molecule has 19 heavy (non-hydrogen) atoms. The van der Waals surface area contributed by atoms with Crippen LogP contribution in [0.5, 0.6) is 0 Å². The van der Waals surface area contributed by atoms with E-state index in [0.29, 0.717) is 23.0 Å². The van der Waals surface area contributed by atoms with E-state index in [-0.39, 0.29) is 6.04 Å². The van der Waals surface area contributed by atoms with Crippen LogP contribution in [0.15, 0.2) is 12.1 Å². The van der Waals surface area contributed by atoms with Crippen molar-refractivity contribution in [1.82, 2.24) is 5.43 Å². The van der Waals surface area contributed by atoms with E-state index in [0.717, 1.165) is 12.3 Å². The number of nitrogens with one attached hydrogen (secondary N) is 1. The first-order valence-electron chi connectivity index (χ1n) is 7.02. The summed E-state index contributed by atoms with van der Waals surface area (Å²) in [6.07, 6.45) is 4.78. The first-order valence-corrected chi connectivity index (χ1v) is 7.02. The maximum Gasteiger partial charge on any atom is 0.163 e. The van der Waals surface area contributed by atoms with Crippen LogP contribution in [-0.2, 0) is 0 Å². The lowest BCUT2D eigenvalue weighted by Crippen LogP contribution is -2.36. The van der Waals surface area contributed by atoms with E-state index in [4.69, 9.17) is 5.84 Å². The minimum absolute atomic E-state index is 0.273. The molecule has 2 nitrogen and oxygen atoms in total. The van der Waals surface area contributed by atoms with E-state index in [1.807, 2.05) is 0 Å². The minimum atomic E-state index is -0.749. The Hall–Kier alpha value is -1.00. The molecular formula is C15H20F2N2. The molecule has 2 aliphatic rings. The molecule has 2 bridgehead atoms. The highest BCUT2D eigenvalue weighted by molar-refractivity contribution is 5.28. The molecule has 1 aromatic carbocycles.